The van der Waals surface area contributed by atoms with E-state index in [2.05, 4.69) is 10.00 Å². The predicted molar refractivity (Wildman–Crippen MR) is 107 cm³/mol. The Morgan fingerprint density at radius 1 is 1.33 bits per heavy atom. The number of ether oxygens (including phenoxy) is 2. The number of nitrogens with two attached hydrogens (primary N) is 1. The molecule has 0 atom stereocenters. The number of aliphatic imine (C=N–C) groups is 1. The molecule has 2 aliphatic rings. The molecule has 1 saturated carbocycles. The summed E-state index contributed by atoms with van der Waals surface area (Å²) in [5.41, 5.74) is 8.08. The standard InChI is InChI=1S/C20H33N5O2/c1-16(20(21)27-12-8-18-7-9-23-24(18)2)15-22-17-3-5-19(6-4-17)25-10-13-26-14-11-25/h7,9,15,17,19H,3-6,8,10-14,21H2,1-2H3. The normalized spacial score (nSPS) is 25.6. The van der Waals surface area contributed by atoms with Crippen LogP contribution in [0.25, 0.3) is 0 Å². The van der Waals surface area contributed by atoms with Gasteiger partial charge in [-0.15, -0.1) is 0 Å². The van der Waals surface area contributed by atoms with Gasteiger partial charge in [0, 0.05) is 56.3 Å². The van der Waals surface area contributed by atoms with E-state index in [-0.39, 0.29) is 0 Å². The van der Waals surface area contributed by atoms with Crippen molar-refractivity contribution in [2.24, 2.45) is 17.8 Å². The van der Waals surface area contributed by atoms with Gasteiger partial charge >= 0.3 is 0 Å². The van der Waals surface area contributed by atoms with Crippen molar-refractivity contribution in [1.29, 1.82) is 0 Å². The molecule has 7 heteroatoms. The molecule has 1 aromatic heterocycles. The molecule has 0 bridgehead atoms. The summed E-state index contributed by atoms with van der Waals surface area (Å²) in [4.78, 5) is 7.34. The molecule has 0 amide bonds. The van der Waals surface area contributed by atoms with E-state index < -0.39 is 0 Å². The highest BCUT2D eigenvalue weighted by atomic mass is 16.5. The van der Waals surface area contributed by atoms with Gasteiger partial charge in [-0.2, -0.15) is 5.10 Å². The molecule has 27 heavy (non-hydrogen) atoms. The lowest BCUT2D eigenvalue weighted by molar-refractivity contribution is 0.00755. The smallest absolute Gasteiger partial charge is 0.188 e. The van der Waals surface area contributed by atoms with Gasteiger partial charge in [-0.1, -0.05) is 0 Å². The number of allylic oxidation sites excluding steroid dienone is 1. The van der Waals surface area contributed by atoms with E-state index >= 15 is 0 Å². The summed E-state index contributed by atoms with van der Waals surface area (Å²) in [5.74, 6) is 0.461. The zero-order valence-corrected chi connectivity index (χ0v) is 16.6. The summed E-state index contributed by atoms with van der Waals surface area (Å²) in [6.45, 7) is 6.41. The van der Waals surface area contributed by atoms with E-state index in [4.69, 9.17) is 20.2 Å². The zero-order chi connectivity index (χ0) is 19.1. The predicted octanol–water partition coefficient (Wildman–Crippen LogP) is 1.88. The molecule has 7 nitrogen and oxygen atoms in total. The fourth-order valence-electron chi connectivity index (χ4n) is 3.82. The molecule has 2 N–H and O–H groups in total. The lowest BCUT2D eigenvalue weighted by Gasteiger charge is -2.38. The first-order valence-corrected chi connectivity index (χ1v) is 10.0. The number of hydrogen-bond donors (Lipinski definition) is 1. The molecular weight excluding hydrogens is 342 g/mol. The van der Waals surface area contributed by atoms with Crippen molar-refractivity contribution in [3.63, 3.8) is 0 Å². The lowest BCUT2D eigenvalue weighted by Crippen LogP contribution is -2.45. The van der Waals surface area contributed by atoms with Gasteiger partial charge in [0.2, 0.25) is 0 Å². The first-order chi connectivity index (χ1) is 13.1. The minimum absolute atomic E-state index is 0.402. The second kappa shape index (κ2) is 9.90. The summed E-state index contributed by atoms with van der Waals surface area (Å²) in [7, 11) is 1.93. The van der Waals surface area contributed by atoms with Gasteiger partial charge < -0.3 is 15.2 Å². The van der Waals surface area contributed by atoms with Gasteiger partial charge in [-0.05, 0) is 38.7 Å². The summed E-state index contributed by atoms with van der Waals surface area (Å²) in [5, 5.41) is 4.15. The van der Waals surface area contributed by atoms with E-state index in [1.807, 2.05) is 30.9 Å². The Hall–Kier alpha value is -1.86. The summed E-state index contributed by atoms with van der Waals surface area (Å²) in [6.07, 6.45) is 9.20. The van der Waals surface area contributed by atoms with Crippen LogP contribution in [-0.2, 0) is 22.9 Å². The van der Waals surface area contributed by atoms with Crippen LogP contribution in [0.15, 0.2) is 28.7 Å². The minimum atomic E-state index is 0.402. The molecule has 1 aliphatic carbocycles. The van der Waals surface area contributed by atoms with Crippen LogP contribution in [0, 0.1) is 0 Å². The minimum Gasteiger partial charge on any atom is -0.479 e. The quantitative estimate of drug-likeness (QED) is 0.582. The molecule has 1 saturated heterocycles. The average Bonchev–Trinajstić information content (AvgIpc) is 3.12. The van der Waals surface area contributed by atoms with Crippen LogP contribution in [-0.4, -0.2) is 65.9 Å². The van der Waals surface area contributed by atoms with Crippen molar-refractivity contribution in [3.05, 3.63) is 29.4 Å². The summed E-state index contributed by atoms with van der Waals surface area (Å²) in [6, 6.07) is 3.10. The summed E-state index contributed by atoms with van der Waals surface area (Å²) >= 11 is 0. The molecule has 3 rings (SSSR count). The Kier molecular flexibility index (Phi) is 7.29. The highest BCUT2D eigenvalue weighted by Crippen LogP contribution is 2.25. The SMILES string of the molecule is CC(C=NC1CCC(N2CCOCC2)CC1)=C(N)OCCc1ccnn1C. The fraction of sp³-hybridized carbons (Fsp3) is 0.700. The molecular formula is C20H33N5O2. The molecule has 0 aromatic carbocycles. The van der Waals surface area contributed by atoms with Crippen LogP contribution < -0.4 is 5.73 Å². The third-order valence-corrected chi connectivity index (χ3v) is 5.63. The summed E-state index contributed by atoms with van der Waals surface area (Å²) < 4.78 is 13.0. The molecule has 0 spiro atoms. The average molecular weight is 376 g/mol. The topological polar surface area (TPSA) is 77.9 Å². The Morgan fingerprint density at radius 2 is 2.07 bits per heavy atom. The first-order valence-electron chi connectivity index (χ1n) is 10.0. The van der Waals surface area contributed by atoms with Gasteiger partial charge in [0.15, 0.2) is 5.88 Å². The number of nitrogens with zero attached hydrogens (tertiary/aromatic N) is 4. The van der Waals surface area contributed by atoms with Crippen LogP contribution in [0.4, 0.5) is 0 Å². The third kappa shape index (κ3) is 5.81. The molecule has 0 radical (unpaired) electrons. The van der Waals surface area contributed by atoms with E-state index in [9.17, 15) is 0 Å². The van der Waals surface area contributed by atoms with Crippen molar-refractivity contribution in [2.75, 3.05) is 32.9 Å². The highest BCUT2D eigenvalue weighted by molar-refractivity contribution is 5.78. The van der Waals surface area contributed by atoms with Crippen LogP contribution in [0.2, 0.25) is 0 Å². The Labute approximate surface area is 162 Å². The molecule has 150 valence electrons. The molecule has 2 heterocycles. The lowest BCUT2D eigenvalue weighted by atomic mass is 9.90. The van der Waals surface area contributed by atoms with Gasteiger partial charge in [0.25, 0.3) is 0 Å². The number of aryl methyl sites for hydroxylation is 1. The molecule has 1 aliphatic heterocycles. The van der Waals surface area contributed by atoms with Crippen molar-refractivity contribution >= 4 is 6.21 Å². The maximum atomic E-state index is 6.06. The third-order valence-electron chi connectivity index (χ3n) is 5.63. The van der Waals surface area contributed by atoms with E-state index in [1.165, 1.54) is 12.8 Å². The Morgan fingerprint density at radius 3 is 2.74 bits per heavy atom. The number of rotatable bonds is 7. The van der Waals surface area contributed by atoms with Crippen LogP contribution in [0.1, 0.15) is 38.3 Å². The van der Waals surface area contributed by atoms with Crippen LogP contribution >= 0.6 is 0 Å². The largest absolute Gasteiger partial charge is 0.479 e. The molecule has 0 unspecified atom stereocenters. The monoisotopic (exact) mass is 375 g/mol. The van der Waals surface area contributed by atoms with Crippen molar-refractivity contribution in [2.45, 2.75) is 51.1 Å². The second-order valence-corrected chi connectivity index (χ2v) is 7.48. The first kappa shape index (κ1) is 19.9. The van der Waals surface area contributed by atoms with E-state index in [1.54, 1.807) is 6.20 Å². The fourth-order valence-corrected chi connectivity index (χ4v) is 3.82. The Balaban J connectivity index is 1.40. The van der Waals surface area contributed by atoms with Crippen molar-refractivity contribution in [1.82, 2.24) is 14.7 Å². The highest BCUT2D eigenvalue weighted by Gasteiger charge is 2.26. The number of hydrogen-bond acceptors (Lipinski definition) is 6. The Bertz CT molecular complexity index is 641. The van der Waals surface area contributed by atoms with Gasteiger partial charge in [-0.25, -0.2) is 0 Å². The maximum absolute atomic E-state index is 6.06. The van der Waals surface area contributed by atoms with Crippen LogP contribution in [0.5, 0.6) is 0 Å². The zero-order valence-electron chi connectivity index (χ0n) is 16.6. The molecule has 1 aromatic rings. The van der Waals surface area contributed by atoms with E-state index in [0.717, 1.165) is 56.8 Å². The van der Waals surface area contributed by atoms with Gasteiger partial charge in [-0.3, -0.25) is 14.6 Å². The number of morpholine rings is 1. The van der Waals surface area contributed by atoms with Gasteiger partial charge in [0.1, 0.15) is 0 Å². The van der Waals surface area contributed by atoms with E-state index in [0.29, 0.717) is 24.6 Å². The van der Waals surface area contributed by atoms with Crippen molar-refractivity contribution in [3.8, 4) is 0 Å². The second-order valence-electron chi connectivity index (χ2n) is 7.48. The maximum Gasteiger partial charge on any atom is 0.188 e. The molecule has 2 fully saturated rings. The van der Waals surface area contributed by atoms with Gasteiger partial charge in [0.05, 0.1) is 25.9 Å². The number of aromatic nitrogens is 2. The van der Waals surface area contributed by atoms with Crippen molar-refractivity contribution < 1.29 is 9.47 Å². The van der Waals surface area contributed by atoms with Crippen LogP contribution in [0.3, 0.4) is 0 Å².